The molecule has 19 heavy (non-hydrogen) atoms. The minimum absolute atomic E-state index is 0.100. The van der Waals surface area contributed by atoms with Crippen LogP contribution in [0, 0.1) is 11.3 Å². The molecule has 0 aromatic heterocycles. The first kappa shape index (κ1) is 17.9. The van der Waals surface area contributed by atoms with Crippen LogP contribution in [0.4, 0.5) is 0 Å². The topological polar surface area (TPSA) is 66.4 Å². The summed E-state index contributed by atoms with van der Waals surface area (Å²) in [5.74, 6) is -0.255. The summed E-state index contributed by atoms with van der Waals surface area (Å²) >= 11 is 0. The molecule has 0 fully saturated rings. The average Bonchev–Trinajstić information content (AvgIpc) is 2.29. The Hall–Kier alpha value is -1.06. The van der Waals surface area contributed by atoms with Crippen molar-refractivity contribution in [2.45, 2.75) is 66.2 Å². The van der Waals surface area contributed by atoms with Gasteiger partial charge in [-0.2, -0.15) is 0 Å². The van der Waals surface area contributed by atoms with Crippen LogP contribution in [0.3, 0.4) is 0 Å². The smallest absolute Gasteiger partial charge is 0.303 e. The number of carbonyl (C=O) groups is 2. The lowest BCUT2D eigenvalue weighted by Gasteiger charge is -2.18. The molecule has 112 valence electrons. The first-order valence-corrected chi connectivity index (χ1v) is 7.23. The van der Waals surface area contributed by atoms with Gasteiger partial charge in [0.25, 0.3) is 0 Å². The molecule has 0 radical (unpaired) electrons. The van der Waals surface area contributed by atoms with Crippen LogP contribution in [0.2, 0.25) is 0 Å². The third kappa shape index (κ3) is 11.7. The third-order valence-electron chi connectivity index (χ3n) is 3.32. The first-order chi connectivity index (χ1) is 8.74. The average molecular weight is 271 g/mol. The highest BCUT2D eigenvalue weighted by Gasteiger charge is 2.13. The van der Waals surface area contributed by atoms with Crippen molar-refractivity contribution >= 4 is 11.9 Å². The number of aliphatic carboxylic acids is 1. The second kappa shape index (κ2) is 8.94. The second-order valence-electron chi connectivity index (χ2n) is 6.41. The highest BCUT2D eigenvalue weighted by molar-refractivity contribution is 5.75. The molecular formula is C15H29NO3. The molecule has 0 spiro atoms. The van der Waals surface area contributed by atoms with Gasteiger partial charge in [-0.1, -0.05) is 34.1 Å². The van der Waals surface area contributed by atoms with Crippen molar-refractivity contribution in [3.63, 3.8) is 0 Å². The Morgan fingerprint density at radius 2 is 1.79 bits per heavy atom. The summed E-state index contributed by atoms with van der Waals surface area (Å²) in [6, 6.07) is 0. The van der Waals surface area contributed by atoms with E-state index in [9.17, 15) is 9.59 Å². The van der Waals surface area contributed by atoms with E-state index < -0.39 is 5.97 Å². The number of carboxylic acid groups (broad SMARTS) is 1. The van der Waals surface area contributed by atoms with Crippen LogP contribution in [0.1, 0.15) is 66.2 Å². The molecule has 1 atom stereocenters. The van der Waals surface area contributed by atoms with Gasteiger partial charge in [-0.05, 0) is 30.6 Å². The summed E-state index contributed by atoms with van der Waals surface area (Å²) in [5.41, 5.74) is 0.185. The second-order valence-corrected chi connectivity index (χ2v) is 6.41. The summed E-state index contributed by atoms with van der Waals surface area (Å²) in [4.78, 5) is 22.1. The Morgan fingerprint density at radius 3 is 2.26 bits per heavy atom. The molecule has 0 heterocycles. The van der Waals surface area contributed by atoms with E-state index in [1.165, 1.54) is 0 Å². The Labute approximate surface area is 117 Å². The van der Waals surface area contributed by atoms with E-state index in [4.69, 9.17) is 5.11 Å². The lowest BCUT2D eigenvalue weighted by molar-refractivity contribution is -0.137. The van der Waals surface area contributed by atoms with Gasteiger partial charge in [0.1, 0.15) is 0 Å². The Balaban J connectivity index is 3.75. The Kier molecular flexibility index (Phi) is 8.44. The molecular weight excluding hydrogens is 242 g/mol. The highest BCUT2D eigenvalue weighted by atomic mass is 16.4. The van der Waals surface area contributed by atoms with E-state index >= 15 is 0 Å². The fraction of sp³-hybridized carbons (Fsp3) is 0.867. The molecule has 0 aliphatic heterocycles. The van der Waals surface area contributed by atoms with E-state index in [0.29, 0.717) is 25.3 Å². The molecule has 0 aliphatic rings. The largest absolute Gasteiger partial charge is 0.481 e. The number of amides is 1. The van der Waals surface area contributed by atoms with Gasteiger partial charge in [0.2, 0.25) is 5.91 Å². The Bertz CT molecular complexity index is 282. The van der Waals surface area contributed by atoms with Crippen LogP contribution >= 0.6 is 0 Å². The summed E-state index contributed by atoms with van der Waals surface area (Å²) in [6.45, 7) is 9.09. The third-order valence-corrected chi connectivity index (χ3v) is 3.32. The predicted molar refractivity (Wildman–Crippen MR) is 77.0 cm³/mol. The zero-order valence-electron chi connectivity index (χ0n) is 12.8. The molecule has 0 saturated carbocycles. The SMILES string of the molecule is CCC(CCNC(=O)CCC(C)(C)C)CCC(=O)O. The van der Waals surface area contributed by atoms with E-state index in [1.807, 2.05) is 0 Å². The summed E-state index contributed by atoms with van der Waals surface area (Å²) in [6.07, 6.45) is 4.20. The van der Waals surface area contributed by atoms with Crippen molar-refractivity contribution in [3.05, 3.63) is 0 Å². The number of carboxylic acids is 1. The van der Waals surface area contributed by atoms with Gasteiger partial charge < -0.3 is 10.4 Å². The maximum Gasteiger partial charge on any atom is 0.303 e. The van der Waals surface area contributed by atoms with Gasteiger partial charge in [-0.3, -0.25) is 9.59 Å². The summed E-state index contributed by atoms with van der Waals surface area (Å²) < 4.78 is 0. The van der Waals surface area contributed by atoms with Crippen LogP contribution in [-0.4, -0.2) is 23.5 Å². The van der Waals surface area contributed by atoms with Crippen LogP contribution in [0.25, 0.3) is 0 Å². The van der Waals surface area contributed by atoms with Gasteiger partial charge >= 0.3 is 5.97 Å². The number of nitrogens with one attached hydrogen (secondary N) is 1. The molecule has 0 aromatic rings. The number of hydrogen-bond donors (Lipinski definition) is 2. The maximum atomic E-state index is 11.6. The van der Waals surface area contributed by atoms with E-state index in [0.717, 1.165) is 19.3 Å². The quantitative estimate of drug-likeness (QED) is 0.676. The molecule has 0 aliphatic carbocycles. The van der Waals surface area contributed by atoms with Crippen molar-refractivity contribution < 1.29 is 14.7 Å². The van der Waals surface area contributed by atoms with Crippen molar-refractivity contribution in [2.75, 3.05) is 6.54 Å². The van der Waals surface area contributed by atoms with Gasteiger partial charge in [-0.25, -0.2) is 0 Å². The standard InChI is InChI=1S/C15H29NO3/c1-5-12(6-7-14(18)19)9-11-16-13(17)8-10-15(2,3)4/h12H,5-11H2,1-4H3,(H,16,17)(H,18,19). The molecule has 1 amide bonds. The number of rotatable bonds is 9. The van der Waals surface area contributed by atoms with Crippen LogP contribution in [-0.2, 0) is 9.59 Å². The van der Waals surface area contributed by atoms with Crippen molar-refractivity contribution in [3.8, 4) is 0 Å². The zero-order chi connectivity index (χ0) is 14.9. The van der Waals surface area contributed by atoms with Gasteiger partial charge in [0.05, 0.1) is 0 Å². The fourth-order valence-electron chi connectivity index (χ4n) is 1.87. The van der Waals surface area contributed by atoms with Crippen LogP contribution < -0.4 is 5.32 Å². The fourth-order valence-corrected chi connectivity index (χ4v) is 1.87. The highest BCUT2D eigenvalue weighted by Crippen LogP contribution is 2.20. The number of carbonyl (C=O) groups excluding carboxylic acids is 1. The van der Waals surface area contributed by atoms with Crippen molar-refractivity contribution in [1.29, 1.82) is 0 Å². The lowest BCUT2D eigenvalue weighted by atomic mass is 9.90. The molecule has 4 nitrogen and oxygen atoms in total. The van der Waals surface area contributed by atoms with E-state index in [-0.39, 0.29) is 17.7 Å². The predicted octanol–water partition coefficient (Wildman–Crippen LogP) is 3.21. The maximum absolute atomic E-state index is 11.6. The molecule has 1 unspecified atom stereocenters. The molecule has 0 saturated heterocycles. The van der Waals surface area contributed by atoms with Gasteiger partial charge in [0.15, 0.2) is 0 Å². The molecule has 2 N–H and O–H groups in total. The molecule has 0 bridgehead atoms. The van der Waals surface area contributed by atoms with Crippen molar-refractivity contribution in [2.24, 2.45) is 11.3 Å². The Morgan fingerprint density at radius 1 is 1.16 bits per heavy atom. The zero-order valence-corrected chi connectivity index (χ0v) is 12.8. The molecule has 0 aromatic carbocycles. The van der Waals surface area contributed by atoms with Gasteiger partial charge in [-0.15, -0.1) is 0 Å². The molecule has 4 heteroatoms. The van der Waals surface area contributed by atoms with Crippen LogP contribution in [0.5, 0.6) is 0 Å². The number of hydrogen-bond acceptors (Lipinski definition) is 2. The minimum Gasteiger partial charge on any atom is -0.481 e. The summed E-state index contributed by atoms with van der Waals surface area (Å²) in [7, 11) is 0. The van der Waals surface area contributed by atoms with E-state index in [1.54, 1.807) is 0 Å². The first-order valence-electron chi connectivity index (χ1n) is 7.23. The normalized spacial score (nSPS) is 13.1. The summed E-state index contributed by atoms with van der Waals surface area (Å²) in [5, 5.41) is 11.6. The minimum atomic E-state index is -0.743. The lowest BCUT2D eigenvalue weighted by Crippen LogP contribution is -2.26. The van der Waals surface area contributed by atoms with Gasteiger partial charge in [0, 0.05) is 19.4 Å². The van der Waals surface area contributed by atoms with Crippen LogP contribution in [0.15, 0.2) is 0 Å². The molecule has 0 rings (SSSR count). The monoisotopic (exact) mass is 271 g/mol. The van der Waals surface area contributed by atoms with Crippen molar-refractivity contribution in [1.82, 2.24) is 5.32 Å². The van der Waals surface area contributed by atoms with E-state index in [2.05, 4.69) is 33.0 Å².